The van der Waals surface area contributed by atoms with Gasteiger partial charge in [-0.1, -0.05) is 20.8 Å². The van der Waals surface area contributed by atoms with Gasteiger partial charge in [-0.25, -0.2) is 4.79 Å². The average molecular weight is 270 g/mol. The van der Waals surface area contributed by atoms with E-state index >= 15 is 0 Å². The molecular weight excluding hydrogens is 248 g/mol. The molecule has 0 spiro atoms. The van der Waals surface area contributed by atoms with Gasteiger partial charge in [0.1, 0.15) is 0 Å². The molecular formula is C13H22N2O4. The smallest absolute Gasteiger partial charge is 0.324 e. The van der Waals surface area contributed by atoms with Crippen molar-refractivity contribution in [2.45, 2.75) is 40.0 Å². The number of esters is 1. The highest BCUT2D eigenvalue weighted by atomic mass is 16.5. The fourth-order valence-electron chi connectivity index (χ4n) is 1.61. The molecule has 0 bridgehead atoms. The van der Waals surface area contributed by atoms with E-state index in [1.165, 1.54) is 0 Å². The zero-order valence-electron chi connectivity index (χ0n) is 11.8. The standard InChI is InChI=1S/C13H22N2O4/c1-13(2,3)6-8-19-11(17)5-4-7-15-10(16)9-14-12(15)18/h4-9H2,1-3H3,(H,14,18). The van der Waals surface area contributed by atoms with Gasteiger partial charge in [0.2, 0.25) is 5.91 Å². The summed E-state index contributed by atoms with van der Waals surface area (Å²) in [6.07, 6.45) is 1.47. The first kappa shape index (κ1) is 15.5. The van der Waals surface area contributed by atoms with Gasteiger partial charge in [-0.15, -0.1) is 0 Å². The van der Waals surface area contributed by atoms with Gasteiger partial charge < -0.3 is 10.1 Å². The van der Waals surface area contributed by atoms with E-state index in [9.17, 15) is 14.4 Å². The number of imide groups is 1. The molecule has 108 valence electrons. The quantitative estimate of drug-likeness (QED) is 0.583. The summed E-state index contributed by atoms with van der Waals surface area (Å²) in [4.78, 5) is 35.1. The van der Waals surface area contributed by atoms with Crippen molar-refractivity contribution in [3.05, 3.63) is 0 Å². The molecule has 3 amide bonds. The second-order valence-corrected chi connectivity index (χ2v) is 5.84. The van der Waals surface area contributed by atoms with Crippen LogP contribution in [0.25, 0.3) is 0 Å². The van der Waals surface area contributed by atoms with E-state index in [0.29, 0.717) is 13.0 Å². The number of amides is 3. The summed E-state index contributed by atoms with van der Waals surface area (Å²) < 4.78 is 5.09. The number of hydrogen-bond acceptors (Lipinski definition) is 4. The predicted molar refractivity (Wildman–Crippen MR) is 69.4 cm³/mol. The molecule has 0 aromatic carbocycles. The number of ether oxygens (including phenoxy) is 1. The van der Waals surface area contributed by atoms with E-state index in [-0.39, 0.29) is 42.8 Å². The van der Waals surface area contributed by atoms with Crippen molar-refractivity contribution in [2.24, 2.45) is 5.41 Å². The van der Waals surface area contributed by atoms with Gasteiger partial charge in [0.15, 0.2) is 0 Å². The summed E-state index contributed by atoms with van der Waals surface area (Å²) in [6, 6.07) is -0.383. The van der Waals surface area contributed by atoms with Gasteiger partial charge in [-0.2, -0.15) is 0 Å². The number of nitrogens with zero attached hydrogens (tertiary/aromatic N) is 1. The summed E-state index contributed by atoms with van der Waals surface area (Å²) in [5.41, 5.74) is 0.139. The summed E-state index contributed by atoms with van der Waals surface area (Å²) in [5.74, 6) is -0.526. The Morgan fingerprint density at radius 2 is 2.05 bits per heavy atom. The van der Waals surface area contributed by atoms with Crippen molar-refractivity contribution in [1.29, 1.82) is 0 Å². The lowest BCUT2D eigenvalue weighted by Crippen LogP contribution is -2.32. The molecule has 1 saturated heterocycles. The maximum atomic E-state index is 11.4. The maximum Gasteiger partial charge on any atom is 0.324 e. The minimum atomic E-state index is -0.383. The molecule has 0 unspecified atom stereocenters. The predicted octanol–water partition coefficient (Wildman–Crippen LogP) is 1.30. The Balaban J connectivity index is 2.14. The Labute approximate surface area is 113 Å². The summed E-state index contributed by atoms with van der Waals surface area (Å²) >= 11 is 0. The topological polar surface area (TPSA) is 75.7 Å². The van der Waals surface area contributed by atoms with E-state index in [1.807, 2.05) is 0 Å². The van der Waals surface area contributed by atoms with Gasteiger partial charge in [-0.3, -0.25) is 14.5 Å². The highest BCUT2D eigenvalue weighted by Crippen LogP contribution is 2.18. The van der Waals surface area contributed by atoms with Crippen LogP contribution in [-0.2, 0) is 14.3 Å². The minimum absolute atomic E-state index is 0.0505. The second-order valence-electron chi connectivity index (χ2n) is 5.84. The van der Waals surface area contributed by atoms with Crippen LogP contribution in [0.1, 0.15) is 40.0 Å². The normalized spacial score (nSPS) is 15.6. The summed E-state index contributed by atoms with van der Waals surface area (Å²) in [5, 5.41) is 2.43. The van der Waals surface area contributed by atoms with Crippen molar-refractivity contribution >= 4 is 17.9 Å². The molecule has 0 aromatic rings. The monoisotopic (exact) mass is 270 g/mol. The highest BCUT2D eigenvalue weighted by molar-refractivity contribution is 6.01. The van der Waals surface area contributed by atoms with Crippen LogP contribution < -0.4 is 5.32 Å². The number of carbonyl (C=O) groups is 3. The number of urea groups is 1. The first-order valence-electron chi connectivity index (χ1n) is 6.53. The van der Waals surface area contributed by atoms with Crippen molar-refractivity contribution < 1.29 is 19.1 Å². The summed E-state index contributed by atoms with van der Waals surface area (Å²) in [6.45, 7) is 6.97. The van der Waals surface area contributed by atoms with Crippen molar-refractivity contribution in [3.8, 4) is 0 Å². The van der Waals surface area contributed by atoms with Crippen LogP contribution in [-0.4, -0.2) is 42.5 Å². The van der Waals surface area contributed by atoms with Gasteiger partial charge in [0, 0.05) is 13.0 Å². The largest absolute Gasteiger partial charge is 0.466 e. The minimum Gasteiger partial charge on any atom is -0.466 e. The van der Waals surface area contributed by atoms with Crippen molar-refractivity contribution in [3.63, 3.8) is 0 Å². The van der Waals surface area contributed by atoms with E-state index < -0.39 is 0 Å². The molecule has 19 heavy (non-hydrogen) atoms. The zero-order valence-corrected chi connectivity index (χ0v) is 11.8. The zero-order chi connectivity index (χ0) is 14.5. The van der Waals surface area contributed by atoms with E-state index in [1.54, 1.807) is 0 Å². The van der Waals surface area contributed by atoms with Crippen molar-refractivity contribution in [1.82, 2.24) is 10.2 Å². The Hall–Kier alpha value is -1.59. The van der Waals surface area contributed by atoms with Gasteiger partial charge in [-0.05, 0) is 18.3 Å². The Morgan fingerprint density at radius 3 is 2.58 bits per heavy atom. The SMILES string of the molecule is CC(C)(C)CCOC(=O)CCCN1C(=O)CNC1=O. The van der Waals surface area contributed by atoms with Crippen LogP contribution >= 0.6 is 0 Å². The van der Waals surface area contributed by atoms with Gasteiger partial charge in [0.25, 0.3) is 0 Å². The van der Waals surface area contributed by atoms with Crippen LogP contribution in [0.3, 0.4) is 0 Å². The molecule has 6 heteroatoms. The molecule has 0 saturated carbocycles. The van der Waals surface area contributed by atoms with Crippen LogP contribution in [0, 0.1) is 5.41 Å². The van der Waals surface area contributed by atoms with E-state index in [2.05, 4.69) is 26.1 Å². The lowest BCUT2D eigenvalue weighted by Gasteiger charge is -2.17. The lowest BCUT2D eigenvalue weighted by molar-refractivity contribution is -0.144. The number of hydrogen-bond donors (Lipinski definition) is 1. The molecule has 1 rings (SSSR count). The lowest BCUT2D eigenvalue weighted by atomic mass is 9.93. The van der Waals surface area contributed by atoms with Gasteiger partial charge >= 0.3 is 12.0 Å². The first-order chi connectivity index (χ1) is 8.79. The third-order valence-electron chi connectivity index (χ3n) is 2.81. The molecule has 1 aliphatic heterocycles. The molecule has 6 nitrogen and oxygen atoms in total. The Bertz CT molecular complexity index is 344. The molecule has 1 aliphatic rings. The highest BCUT2D eigenvalue weighted by Gasteiger charge is 2.27. The number of carbonyl (C=O) groups excluding carboxylic acids is 3. The molecule has 1 N–H and O–H groups in total. The third kappa shape index (κ3) is 5.72. The maximum absolute atomic E-state index is 11.4. The molecule has 1 heterocycles. The second kappa shape index (κ2) is 6.54. The fraction of sp³-hybridized carbons (Fsp3) is 0.769. The molecule has 0 radical (unpaired) electrons. The summed E-state index contributed by atoms with van der Waals surface area (Å²) in [7, 11) is 0. The van der Waals surface area contributed by atoms with Crippen LogP contribution in [0.5, 0.6) is 0 Å². The first-order valence-corrected chi connectivity index (χ1v) is 6.53. The number of nitrogens with one attached hydrogen (secondary N) is 1. The Morgan fingerprint density at radius 1 is 1.37 bits per heavy atom. The molecule has 1 fully saturated rings. The van der Waals surface area contributed by atoms with Crippen LogP contribution in [0.15, 0.2) is 0 Å². The Kier molecular flexibility index (Phi) is 5.32. The number of rotatable bonds is 6. The van der Waals surface area contributed by atoms with Crippen LogP contribution in [0.2, 0.25) is 0 Å². The van der Waals surface area contributed by atoms with Crippen molar-refractivity contribution in [2.75, 3.05) is 19.7 Å². The third-order valence-corrected chi connectivity index (χ3v) is 2.81. The molecule has 0 aromatic heterocycles. The van der Waals surface area contributed by atoms with Gasteiger partial charge in [0.05, 0.1) is 13.2 Å². The van der Waals surface area contributed by atoms with E-state index in [4.69, 9.17) is 4.74 Å². The van der Waals surface area contributed by atoms with Crippen LogP contribution in [0.4, 0.5) is 4.79 Å². The average Bonchev–Trinajstić information content (AvgIpc) is 2.58. The molecule has 0 atom stereocenters. The van der Waals surface area contributed by atoms with E-state index in [0.717, 1.165) is 11.3 Å². The fourth-order valence-corrected chi connectivity index (χ4v) is 1.61. The molecule has 0 aliphatic carbocycles.